The van der Waals surface area contributed by atoms with Crippen molar-refractivity contribution in [2.45, 2.75) is 37.6 Å². The van der Waals surface area contributed by atoms with Crippen molar-refractivity contribution < 1.29 is 13.3 Å². The maximum absolute atomic E-state index is 13.1. The van der Waals surface area contributed by atoms with E-state index < -0.39 is 14.9 Å². The Morgan fingerprint density at radius 3 is 2.39 bits per heavy atom. The molecule has 2 fully saturated rings. The van der Waals surface area contributed by atoms with Gasteiger partial charge < -0.3 is 4.90 Å². The summed E-state index contributed by atoms with van der Waals surface area (Å²) in [4.78, 5) is 15.8. The Morgan fingerprint density at radius 1 is 0.970 bits per heavy atom. The summed E-state index contributed by atoms with van der Waals surface area (Å²) in [6.45, 7) is 6.95. The van der Waals surface area contributed by atoms with Crippen molar-refractivity contribution >= 4 is 21.4 Å². The molecule has 0 atom stereocenters. The third-order valence-electron chi connectivity index (χ3n) is 6.70. The van der Waals surface area contributed by atoms with Gasteiger partial charge in [0.25, 0.3) is 5.69 Å². The molecule has 2 aliphatic heterocycles. The van der Waals surface area contributed by atoms with E-state index in [4.69, 9.17) is 0 Å². The maximum atomic E-state index is 13.1. The molecule has 178 valence electrons. The lowest BCUT2D eigenvalue weighted by Gasteiger charge is -2.29. The lowest BCUT2D eigenvalue weighted by molar-refractivity contribution is -0.384. The molecule has 33 heavy (non-hydrogen) atoms. The summed E-state index contributed by atoms with van der Waals surface area (Å²) in [5, 5.41) is 11.9. The maximum Gasteiger partial charge on any atom is 0.293 e. The van der Waals surface area contributed by atoms with Crippen molar-refractivity contribution in [1.82, 2.24) is 9.21 Å². The third kappa shape index (κ3) is 5.54. The fourth-order valence-corrected chi connectivity index (χ4v) is 6.15. The van der Waals surface area contributed by atoms with Crippen LogP contribution in [0.3, 0.4) is 0 Å². The van der Waals surface area contributed by atoms with Crippen LogP contribution in [0.2, 0.25) is 0 Å². The number of nitrogens with zero attached hydrogens (tertiary/aromatic N) is 4. The molecule has 0 unspecified atom stereocenters. The number of hydrogen-bond donors (Lipinski definition) is 0. The minimum absolute atomic E-state index is 0.00743. The zero-order valence-corrected chi connectivity index (χ0v) is 19.9. The van der Waals surface area contributed by atoms with E-state index >= 15 is 0 Å². The van der Waals surface area contributed by atoms with Crippen LogP contribution in [-0.4, -0.2) is 61.8 Å². The largest absolute Gasteiger partial charge is 0.365 e. The van der Waals surface area contributed by atoms with Crippen LogP contribution in [0.15, 0.2) is 53.4 Å². The summed E-state index contributed by atoms with van der Waals surface area (Å²) >= 11 is 0. The lowest BCUT2D eigenvalue weighted by atomic mass is 10.0. The summed E-state index contributed by atoms with van der Waals surface area (Å²) < 4.78 is 27.7. The number of rotatable bonds is 6. The number of piperidine rings is 1. The lowest BCUT2D eigenvalue weighted by Crippen LogP contribution is -2.38. The first-order chi connectivity index (χ1) is 15.8. The Balaban J connectivity index is 1.51. The van der Waals surface area contributed by atoms with Crippen LogP contribution >= 0.6 is 0 Å². The number of hydrogen-bond acceptors (Lipinski definition) is 6. The van der Waals surface area contributed by atoms with Gasteiger partial charge in [-0.3, -0.25) is 15.0 Å². The molecule has 0 bridgehead atoms. The first kappa shape index (κ1) is 23.7. The number of nitro benzene ring substituents is 1. The van der Waals surface area contributed by atoms with Crippen LogP contribution in [0.4, 0.5) is 11.4 Å². The average molecular weight is 473 g/mol. The van der Waals surface area contributed by atoms with E-state index in [-0.39, 0.29) is 10.6 Å². The third-order valence-corrected chi connectivity index (χ3v) is 8.60. The number of anilines is 1. The van der Waals surface area contributed by atoms with E-state index in [2.05, 4.69) is 24.0 Å². The Morgan fingerprint density at radius 2 is 1.70 bits per heavy atom. The molecule has 2 aliphatic rings. The van der Waals surface area contributed by atoms with E-state index in [1.165, 1.54) is 22.0 Å². The van der Waals surface area contributed by atoms with Crippen LogP contribution in [0.5, 0.6) is 0 Å². The average Bonchev–Trinajstić information content (AvgIpc) is 3.05. The second-order valence-corrected chi connectivity index (χ2v) is 11.0. The van der Waals surface area contributed by atoms with Crippen molar-refractivity contribution in [2.75, 3.05) is 44.2 Å². The van der Waals surface area contributed by atoms with Gasteiger partial charge in [-0.2, -0.15) is 4.31 Å². The van der Waals surface area contributed by atoms with Crippen molar-refractivity contribution in [3.8, 4) is 0 Å². The van der Waals surface area contributed by atoms with E-state index in [1.807, 2.05) is 23.1 Å². The highest BCUT2D eigenvalue weighted by molar-refractivity contribution is 7.89. The predicted molar refractivity (Wildman–Crippen MR) is 129 cm³/mol. The molecule has 8 nitrogen and oxygen atoms in total. The van der Waals surface area contributed by atoms with Gasteiger partial charge in [-0.25, -0.2) is 8.42 Å². The summed E-state index contributed by atoms with van der Waals surface area (Å²) in [6.07, 6.45) is 2.51. The number of benzene rings is 2. The fourth-order valence-electron chi connectivity index (χ4n) is 4.66. The second-order valence-electron chi connectivity index (χ2n) is 9.10. The molecule has 0 amide bonds. The molecule has 2 aromatic carbocycles. The van der Waals surface area contributed by atoms with Gasteiger partial charge >= 0.3 is 0 Å². The highest BCUT2D eigenvalue weighted by atomic mass is 32.2. The molecule has 0 spiro atoms. The van der Waals surface area contributed by atoms with Crippen molar-refractivity contribution in [2.24, 2.45) is 5.92 Å². The van der Waals surface area contributed by atoms with Crippen molar-refractivity contribution in [3.05, 3.63) is 64.2 Å². The predicted octanol–water partition coefficient (Wildman–Crippen LogP) is 3.73. The minimum Gasteiger partial charge on any atom is -0.365 e. The van der Waals surface area contributed by atoms with Crippen LogP contribution in [0, 0.1) is 16.0 Å². The second kappa shape index (κ2) is 10.2. The first-order valence-corrected chi connectivity index (χ1v) is 13.1. The van der Waals surface area contributed by atoms with Crippen LogP contribution in [0.1, 0.15) is 31.7 Å². The van der Waals surface area contributed by atoms with Gasteiger partial charge in [-0.15, -0.1) is 0 Å². The molecule has 0 N–H and O–H groups in total. The highest BCUT2D eigenvalue weighted by Gasteiger charge is 2.31. The van der Waals surface area contributed by atoms with Gasteiger partial charge in [-0.05, 0) is 42.9 Å². The van der Waals surface area contributed by atoms with Gasteiger partial charge in [0.15, 0.2) is 0 Å². The van der Waals surface area contributed by atoms with Gasteiger partial charge in [0.05, 0.1) is 9.82 Å². The quantitative estimate of drug-likeness (QED) is 0.470. The van der Waals surface area contributed by atoms with Crippen LogP contribution < -0.4 is 4.90 Å². The first-order valence-electron chi connectivity index (χ1n) is 11.6. The zero-order chi connectivity index (χ0) is 23.4. The molecule has 0 aliphatic carbocycles. The summed E-state index contributed by atoms with van der Waals surface area (Å²) in [5.74, 6) is 0.498. The molecule has 0 aromatic heterocycles. The Hall–Kier alpha value is -2.49. The number of nitro groups is 1. The topological polar surface area (TPSA) is 87.0 Å². The summed E-state index contributed by atoms with van der Waals surface area (Å²) in [6, 6.07) is 14.7. The highest BCUT2D eigenvalue weighted by Crippen LogP contribution is 2.33. The van der Waals surface area contributed by atoms with Crippen LogP contribution in [0.25, 0.3) is 0 Å². The molecule has 2 saturated heterocycles. The zero-order valence-electron chi connectivity index (χ0n) is 19.1. The van der Waals surface area contributed by atoms with E-state index in [0.29, 0.717) is 37.8 Å². The molecule has 9 heteroatoms. The smallest absolute Gasteiger partial charge is 0.293 e. The van der Waals surface area contributed by atoms with Gasteiger partial charge in [0.1, 0.15) is 5.69 Å². The van der Waals surface area contributed by atoms with Crippen molar-refractivity contribution in [3.63, 3.8) is 0 Å². The van der Waals surface area contributed by atoms with E-state index in [1.54, 1.807) is 6.07 Å². The molecule has 0 radical (unpaired) electrons. The molecule has 2 heterocycles. The summed E-state index contributed by atoms with van der Waals surface area (Å²) in [5.41, 5.74) is 1.60. The van der Waals surface area contributed by atoms with E-state index in [0.717, 1.165) is 38.9 Å². The van der Waals surface area contributed by atoms with Gasteiger partial charge in [0.2, 0.25) is 10.0 Å². The molecular formula is C24H32N4O4S. The Kier molecular flexibility index (Phi) is 7.31. The minimum atomic E-state index is -3.74. The summed E-state index contributed by atoms with van der Waals surface area (Å²) in [7, 11) is -3.74. The standard InChI is InChI=1S/C24H32N4O4S/c1-20-10-14-27(15-11-20)33(31,32)22-8-9-23(24(18-22)28(29)30)26-13-5-12-25(16-17-26)19-21-6-3-2-4-7-21/h2-4,6-9,18,20H,5,10-17,19H2,1H3. The SMILES string of the molecule is CC1CCN(S(=O)(=O)c2ccc(N3CCCN(Cc4ccccc4)CC3)c([N+](=O)[O-])c2)CC1. The van der Waals surface area contributed by atoms with Crippen LogP contribution in [-0.2, 0) is 16.6 Å². The Labute approximate surface area is 196 Å². The Bertz CT molecular complexity index is 1070. The monoisotopic (exact) mass is 472 g/mol. The molecular weight excluding hydrogens is 440 g/mol. The molecule has 0 saturated carbocycles. The fraction of sp³-hybridized carbons (Fsp3) is 0.500. The molecule has 4 rings (SSSR count). The molecule has 2 aromatic rings. The van der Waals surface area contributed by atoms with E-state index in [9.17, 15) is 18.5 Å². The van der Waals surface area contributed by atoms with Gasteiger partial charge in [0, 0.05) is 51.9 Å². The van der Waals surface area contributed by atoms with Crippen molar-refractivity contribution in [1.29, 1.82) is 0 Å². The number of sulfonamides is 1. The normalized spacial score (nSPS) is 19.4. The van der Waals surface area contributed by atoms with Gasteiger partial charge in [-0.1, -0.05) is 37.3 Å².